The van der Waals surface area contributed by atoms with E-state index in [4.69, 9.17) is 5.11 Å². The van der Waals surface area contributed by atoms with E-state index in [2.05, 4.69) is 4.72 Å². The molecule has 1 saturated carbocycles. The zero-order valence-electron chi connectivity index (χ0n) is 9.43. The van der Waals surface area contributed by atoms with Gasteiger partial charge in [0.15, 0.2) is 0 Å². The number of rotatable bonds is 5. The number of aliphatic hydroxyl groups excluding tert-OH is 1. The van der Waals surface area contributed by atoms with Gasteiger partial charge in [0.05, 0.1) is 0 Å². The van der Waals surface area contributed by atoms with Gasteiger partial charge in [-0.25, -0.2) is 4.72 Å². The average molecular weight is 248 g/mol. The summed E-state index contributed by atoms with van der Waals surface area (Å²) in [6.45, 7) is 1.68. The third kappa shape index (κ3) is 3.16. The fourth-order valence-electron chi connectivity index (χ4n) is 2.03. The second-order valence-corrected chi connectivity index (χ2v) is 6.60. The molecule has 1 aliphatic carbocycles. The Bertz CT molecular complexity index is 327. The van der Waals surface area contributed by atoms with Crippen molar-refractivity contribution in [2.75, 3.05) is 26.2 Å². The van der Waals surface area contributed by atoms with Crippen LogP contribution in [0.3, 0.4) is 0 Å². The number of nitrogens with zero attached hydrogens (tertiary/aromatic N) is 1. The standard InChI is InChI=1S/C10H20N2O3S/c13-8-10-2-1-5-12(7-10)16(14,15)11-6-9-3-4-9/h9-11,13H,1-8H2. The smallest absolute Gasteiger partial charge is 0.279 e. The number of hydrogen-bond acceptors (Lipinski definition) is 3. The SMILES string of the molecule is O=S(=O)(NCC1CC1)N1CCCC(CO)C1. The highest BCUT2D eigenvalue weighted by atomic mass is 32.2. The molecule has 1 atom stereocenters. The zero-order valence-corrected chi connectivity index (χ0v) is 10.2. The largest absolute Gasteiger partial charge is 0.396 e. The molecule has 2 N–H and O–H groups in total. The molecular weight excluding hydrogens is 228 g/mol. The van der Waals surface area contributed by atoms with Gasteiger partial charge in [-0.15, -0.1) is 0 Å². The van der Waals surface area contributed by atoms with Gasteiger partial charge in [-0.2, -0.15) is 12.7 Å². The lowest BCUT2D eigenvalue weighted by atomic mass is 10.0. The van der Waals surface area contributed by atoms with E-state index in [9.17, 15) is 8.42 Å². The van der Waals surface area contributed by atoms with Crippen molar-refractivity contribution in [1.29, 1.82) is 0 Å². The maximum Gasteiger partial charge on any atom is 0.279 e. The van der Waals surface area contributed by atoms with Crippen molar-refractivity contribution in [1.82, 2.24) is 9.03 Å². The van der Waals surface area contributed by atoms with Gasteiger partial charge in [-0.3, -0.25) is 0 Å². The summed E-state index contributed by atoms with van der Waals surface area (Å²) in [6.07, 6.45) is 4.05. The van der Waals surface area contributed by atoms with Gasteiger partial charge in [0.25, 0.3) is 10.2 Å². The molecule has 5 nitrogen and oxygen atoms in total. The summed E-state index contributed by atoms with van der Waals surface area (Å²) in [5.74, 6) is 0.652. The van der Waals surface area contributed by atoms with Crippen LogP contribution in [-0.4, -0.2) is 44.1 Å². The van der Waals surface area contributed by atoms with Gasteiger partial charge in [-0.05, 0) is 37.5 Å². The normalized spacial score (nSPS) is 28.2. The van der Waals surface area contributed by atoms with Crippen LogP contribution in [0.1, 0.15) is 25.7 Å². The highest BCUT2D eigenvalue weighted by Gasteiger charge is 2.30. The third-order valence-electron chi connectivity index (χ3n) is 3.33. The van der Waals surface area contributed by atoms with E-state index >= 15 is 0 Å². The Morgan fingerprint density at radius 2 is 2.00 bits per heavy atom. The zero-order chi connectivity index (χ0) is 11.6. The van der Waals surface area contributed by atoms with Crippen molar-refractivity contribution in [3.63, 3.8) is 0 Å². The van der Waals surface area contributed by atoms with E-state index < -0.39 is 10.2 Å². The molecule has 94 valence electrons. The molecule has 2 fully saturated rings. The first kappa shape index (κ1) is 12.3. The second-order valence-electron chi connectivity index (χ2n) is 4.85. The maximum atomic E-state index is 11.9. The van der Waals surface area contributed by atoms with Gasteiger partial charge in [0.2, 0.25) is 0 Å². The lowest BCUT2D eigenvalue weighted by molar-refractivity contribution is 0.164. The van der Waals surface area contributed by atoms with Crippen molar-refractivity contribution in [2.24, 2.45) is 11.8 Å². The molecule has 1 unspecified atom stereocenters. The molecular formula is C10H20N2O3S. The van der Waals surface area contributed by atoms with Crippen LogP contribution in [0.15, 0.2) is 0 Å². The van der Waals surface area contributed by atoms with Crippen molar-refractivity contribution >= 4 is 10.2 Å². The molecule has 0 aromatic rings. The van der Waals surface area contributed by atoms with Crippen LogP contribution in [0.4, 0.5) is 0 Å². The molecule has 2 rings (SSSR count). The predicted octanol–water partition coefficient (Wildman–Crippen LogP) is -0.0649. The molecule has 16 heavy (non-hydrogen) atoms. The lowest BCUT2D eigenvalue weighted by Gasteiger charge is -2.30. The molecule has 1 heterocycles. The fraction of sp³-hybridized carbons (Fsp3) is 1.00. The molecule has 0 bridgehead atoms. The number of hydrogen-bond donors (Lipinski definition) is 2. The van der Waals surface area contributed by atoms with Gasteiger partial charge < -0.3 is 5.11 Å². The van der Waals surface area contributed by atoms with Crippen LogP contribution in [0.5, 0.6) is 0 Å². The van der Waals surface area contributed by atoms with Crippen LogP contribution in [0.25, 0.3) is 0 Å². The highest BCUT2D eigenvalue weighted by molar-refractivity contribution is 7.87. The number of piperidine rings is 1. The molecule has 0 amide bonds. The Kier molecular flexibility index (Phi) is 3.84. The summed E-state index contributed by atoms with van der Waals surface area (Å²) in [5.41, 5.74) is 0. The summed E-state index contributed by atoms with van der Waals surface area (Å²) < 4.78 is 27.9. The summed E-state index contributed by atoms with van der Waals surface area (Å²) in [4.78, 5) is 0. The van der Waals surface area contributed by atoms with Crippen LogP contribution in [0.2, 0.25) is 0 Å². The lowest BCUT2D eigenvalue weighted by Crippen LogP contribution is -2.47. The first-order valence-corrected chi connectivity index (χ1v) is 7.41. The number of aliphatic hydroxyl groups is 1. The second kappa shape index (κ2) is 5.00. The van der Waals surface area contributed by atoms with Crippen LogP contribution < -0.4 is 4.72 Å². The highest BCUT2D eigenvalue weighted by Crippen LogP contribution is 2.28. The maximum absolute atomic E-state index is 11.9. The van der Waals surface area contributed by atoms with Crippen LogP contribution in [0, 0.1) is 11.8 Å². The predicted molar refractivity (Wildman–Crippen MR) is 61.0 cm³/mol. The Morgan fingerprint density at radius 3 is 2.62 bits per heavy atom. The van der Waals surface area contributed by atoms with Gasteiger partial charge in [0, 0.05) is 26.2 Å². The quantitative estimate of drug-likeness (QED) is 0.716. The molecule has 0 aromatic carbocycles. The van der Waals surface area contributed by atoms with E-state index in [-0.39, 0.29) is 12.5 Å². The molecule has 2 aliphatic rings. The van der Waals surface area contributed by atoms with Crippen LogP contribution >= 0.6 is 0 Å². The topological polar surface area (TPSA) is 69.6 Å². The van der Waals surface area contributed by atoms with Gasteiger partial charge in [0.1, 0.15) is 0 Å². The van der Waals surface area contributed by atoms with Crippen molar-refractivity contribution < 1.29 is 13.5 Å². The summed E-state index contributed by atoms with van der Waals surface area (Å²) in [6, 6.07) is 0. The Labute approximate surface area is 97.0 Å². The fourth-order valence-corrected chi connectivity index (χ4v) is 3.44. The first-order valence-electron chi connectivity index (χ1n) is 5.97. The van der Waals surface area contributed by atoms with Gasteiger partial charge >= 0.3 is 0 Å². The van der Waals surface area contributed by atoms with Crippen LogP contribution in [-0.2, 0) is 10.2 Å². The van der Waals surface area contributed by atoms with E-state index in [0.717, 1.165) is 25.7 Å². The average Bonchev–Trinajstić information content (AvgIpc) is 3.10. The minimum atomic E-state index is -3.31. The third-order valence-corrected chi connectivity index (χ3v) is 4.87. The van der Waals surface area contributed by atoms with E-state index in [1.165, 1.54) is 4.31 Å². The Balaban J connectivity index is 1.87. The minimum absolute atomic E-state index is 0.0780. The monoisotopic (exact) mass is 248 g/mol. The van der Waals surface area contributed by atoms with E-state index in [0.29, 0.717) is 25.6 Å². The Morgan fingerprint density at radius 1 is 1.25 bits per heavy atom. The summed E-state index contributed by atoms with van der Waals surface area (Å²) in [5, 5.41) is 9.06. The molecule has 0 spiro atoms. The Hall–Kier alpha value is -0.170. The molecule has 1 saturated heterocycles. The molecule has 0 radical (unpaired) electrons. The first-order chi connectivity index (χ1) is 7.62. The molecule has 0 aromatic heterocycles. The minimum Gasteiger partial charge on any atom is -0.396 e. The van der Waals surface area contributed by atoms with E-state index in [1.54, 1.807) is 0 Å². The summed E-state index contributed by atoms with van der Waals surface area (Å²) in [7, 11) is -3.31. The number of nitrogens with one attached hydrogen (secondary N) is 1. The van der Waals surface area contributed by atoms with Crippen molar-refractivity contribution in [3.05, 3.63) is 0 Å². The van der Waals surface area contributed by atoms with Crippen molar-refractivity contribution in [3.8, 4) is 0 Å². The molecule has 1 aliphatic heterocycles. The summed E-state index contributed by atoms with van der Waals surface area (Å²) >= 11 is 0. The van der Waals surface area contributed by atoms with Crippen molar-refractivity contribution in [2.45, 2.75) is 25.7 Å². The molecule has 6 heteroatoms. The van der Waals surface area contributed by atoms with Gasteiger partial charge in [-0.1, -0.05) is 0 Å². The van der Waals surface area contributed by atoms with E-state index in [1.807, 2.05) is 0 Å².